The lowest BCUT2D eigenvalue weighted by Gasteiger charge is -2.31. The first kappa shape index (κ1) is 9.52. The highest BCUT2D eigenvalue weighted by Crippen LogP contribution is 2.39. The fourth-order valence-corrected chi connectivity index (χ4v) is 2.51. The number of hydrogen-bond acceptors (Lipinski definition) is 3. The third-order valence-corrected chi connectivity index (χ3v) is 3.41. The molecule has 1 aromatic heterocycles. The van der Waals surface area contributed by atoms with Gasteiger partial charge in [0, 0.05) is 10.3 Å². The van der Waals surface area contributed by atoms with Crippen LogP contribution in [-0.2, 0) is 6.42 Å². The lowest BCUT2D eigenvalue weighted by atomic mass is 9.98. The molecule has 0 radical (unpaired) electrons. The molecule has 3 nitrogen and oxygen atoms in total. The minimum Gasteiger partial charge on any atom is -0.486 e. The SMILES string of the molecule is CC1(C)CCc2scc(C(=O)O)c2O1. The van der Waals surface area contributed by atoms with Gasteiger partial charge in [-0.05, 0) is 26.7 Å². The summed E-state index contributed by atoms with van der Waals surface area (Å²) in [6.45, 7) is 3.97. The molecule has 1 aliphatic rings. The molecule has 0 amide bonds. The van der Waals surface area contributed by atoms with E-state index in [1.807, 2.05) is 13.8 Å². The Balaban J connectivity index is 2.42. The van der Waals surface area contributed by atoms with Gasteiger partial charge in [0.2, 0.25) is 0 Å². The molecule has 0 saturated carbocycles. The molecule has 2 rings (SSSR count). The van der Waals surface area contributed by atoms with E-state index in [1.54, 1.807) is 5.38 Å². The summed E-state index contributed by atoms with van der Waals surface area (Å²) in [6, 6.07) is 0. The molecular weight excluding hydrogens is 200 g/mol. The lowest BCUT2D eigenvalue weighted by molar-refractivity contribution is 0.0651. The van der Waals surface area contributed by atoms with Gasteiger partial charge in [0.25, 0.3) is 0 Å². The standard InChI is InChI=1S/C10H12O3S/c1-10(2)4-3-7-8(13-10)6(5-14-7)9(11)12/h5H,3-4H2,1-2H3,(H,11,12). The Morgan fingerprint density at radius 1 is 1.64 bits per heavy atom. The maximum atomic E-state index is 10.9. The third kappa shape index (κ3) is 1.50. The van der Waals surface area contributed by atoms with Gasteiger partial charge in [-0.2, -0.15) is 0 Å². The summed E-state index contributed by atoms with van der Waals surface area (Å²) in [4.78, 5) is 11.9. The summed E-state index contributed by atoms with van der Waals surface area (Å²) in [6.07, 6.45) is 1.86. The predicted octanol–water partition coefficient (Wildman–Crippen LogP) is 2.55. The fraction of sp³-hybridized carbons (Fsp3) is 0.500. The summed E-state index contributed by atoms with van der Waals surface area (Å²) >= 11 is 1.48. The molecule has 0 saturated heterocycles. The van der Waals surface area contributed by atoms with Crippen LogP contribution in [0.25, 0.3) is 0 Å². The van der Waals surface area contributed by atoms with Gasteiger partial charge in [-0.3, -0.25) is 0 Å². The number of aryl methyl sites for hydroxylation is 1. The van der Waals surface area contributed by atoms with E-state index >= 15 is 0 Å². The number of carboxylic acids is 1. The normalized spacial score (nSPS) is 18.4. The molecule has 2 heterocycles. The second-order valence-electron chi connectivity index (χ2n) is 4.07. The molecule has 0 aliphatic carbocycles. The van der Waals surface area contributed by atoms with E-state index in [1.165, 1.54) is 11.3 Å². The first-order valence-corrected chi connectivity index (χ1v) is 5.40. The Hall–Kier alpha value is -1.03. The van der Waals surface area contributed by atoms with Gasteiger partial charge in [0.15, 0.2) is 0 Å². The van der Waals surface area contributed by atoms with Crippen molar-refractivity contribution in [2.24, 2.45) is 0 Å². The predicted molar refractivity (Wildman–Crippen MR) is 54.3 cm³/mol. The van der Waals surface area contributed by atoms with E-state index in [9.17, 15) is 4.79 Å². The van der Waals surface area contributed by atoms with E-state index in [2.05, 4.69) is 0 Å². The van der Waals surface area contributed by atoms with Crippen LogP contribution in [0.3, 0.4) is 0 Å². The number of thiophene rings is 1. The molecule has 14 heavy (non-hydrogen) atoms. The van der Waals surface area contributed by atoms with Crippen molar-refractivity contribution in [3.8, 4) is 5.75 Å². The minimum absolute atomic E-state index is 0.238. The van der Waals surface area contributed by atoms with Gasteiger partial charge in [-0.25, -0.2) is 4.79 Å². The van der Waals surface area contributed by atoms with E-state index in [4.69, 9.17) is 9.84 Å². The first-order valence-electron chi connectivity index (χ1n) is 4.52. The van der Waals surface area contributed by atoms with Crippen molar-refractivity contribution in [1.29, 1.82) is 0 Å². The average molecular weight is 212 g/mol. The van der Waals surface area contributed by atoms with Gasteiger partial charge in [0.05, 0.1) is 0 Å². The number of hydrogen-bond donors (Lipinski definition) is 1. The van der Waals surface area contributed by atoms with Crippen LogP contribution in [-0.4, -0.2) is 16.7 Å². The molecule has 1 aromatic rings. The number of fused-ring (bicyclic) bond motifs is 1. The van der Waals surface area contributed by atoms with Gasteiger partial charge >= 0.3 is 5.97 Å². The highest BCUT2D eigenvalue weighted by Gasteiger charge is 2.31. The van der Waals surface area contributed by atoms with Crippen molar-refractivity contribution in [3.05, 3.63) is 15.8 Å². The topological polar surface area (TPSA) is 46.5 Å². The molecule has 0 unspecified atom stereocenters. The Labute approximate surface area is 86.3 Å². The fourth-order valence-electron chi connectivity index (χ4n) is 1.56. The molecular formula is C10H12O3S. The van der Waals surface area contributed by atoms with Crippen molar-refractivity contribution >= 4 is 17.3 Å². The van der Waals surface area contributed by atoms with Crippen LogP contribution in [0.1, 0.15) is 35.5 Å². The summed E-state index contributed by atoms with van der Waals surface area (Å²) < 4.78 is 5.68. The zero-order chi connectivity index (χ0) is 10.3. The average Bonchev–Trinajstić information content (AvgIpc) is 2.44. The largest absolute Gasteiger partial charge is 0.486 e. The Morgan fingerprint density at radius 2 is 2.36 bits per heavy atom. The highest BCUT2D eigenvalue weighted by molar-refractivity contribution is 7.10. The second kappa shape index (κ2) is 2.98. The van der Waals surface area contributed by atoms with E-state index in [0.717, 1.165) is 17.7 Å². The van der Waals surface area contributed by atoms with Gasteiger partial charge in [-0.1, -0.05) is 0 Å². The van der Waals surface area contributed by atoms with Crippen LogP contribution in [0.5, 0.6) is 5.75 Å². The molecule has 76 valence electrons. The monoisotopic (exact) mass is 212 g/mol. The van der Waals surface area contributed by atoms with Crippen LogP contribution in [0.4, 0.5) is 0 Å². The number of rotatable bonds is 1. The quantitative estimate of drug-likeness (QED) is 0.778. The van der Waals surface area contributed by atoms with Crippen LogP contribution < -0.4 is 4.74 Å². The van der Waals surface area contributed by atoms with Crippen LogP contribution in [0, 0.1) is 0 Å². The number of carbonyl (C=O) groups is 1. The smallest absolute Gasteiger partial charge is 0.340 e. The molecule has 0 aromatic carbocycles. The van der Waals surface area contributed by atoms with Gasteiger partial charge in [-0.15, -0.1) is 11.3 Å². The van der Waals surface area contributed by atoms with Crippen LogP contribution >= 0.6 is 11.3 Å². The zero-order valence-electron chi connectivity index (χ0n) is 8.16. The van der Waals surface area contributed by atoms with E-state index in [-0.39, 0.29) is 5.60 Å². The third-order valence-electron chi connectivity index (χ3n) is 2.38. The number of carboxylic acid groups (broad SMARTS) is 1. The number of ether oxygens (including phenoxy) is 1. The molecule has 0 bridgehead atoms. The summed E-state index contributed by atoms with van der Waals surface area (Å²) in [7, 11) is 0. The summed E-state index contributed by atoms with van der Waals surface area (Å²) in [5.41, 5.74) is 0.0657. The molecule has 4 heteroatoms. The molecule has 0 atom stereocenters. The molecule has 1 N–H and O–H groups in total. The zero-order valence-corrected chi connectivity index (χ0v) is 8.98. The van der Waals surface area contributed by atoms with Crippen LogP contribution in [0.15, 0.2) is 5.38 Å². The van der Waals surface area contributed by atoms with Crippen LogP contribution in [0.2, 0.25) is 0 Å². The Kier molecular flexibility index (Phi) is 2.03. The minimum atomic E-state index is -0.903. The van der Waals surface area contributed by atoms with Gasteiger partial charge in [0.1, 0.15) is 16.9 Å². The maximum absolute atomic E-state index is 10.9. The first-order chi connectivity index (χ1) is 6.49. The summed E-state index contributed by atoms with van der Waals surface area (Å²) in [5.74, 6) is -0.320. The molecule has 0 fully saturated rings. The second-order valence-corrected chi connectivity index (χ2v) is 5.03. The maximum Gasteiger partial charge on any atom is 0.340 e. The van der Waals surface area contributed by atoms with Gasteiger partial charge < -0.3 is 9.84 Å². The van der Waals surface area contributed by atoms with E-state index in [0.29, 0.717) is 11.3 Å². The van der Waals surface area contributed by atoms with Crippen molar-refractivity contribution < 1.29 is 14.6 Å². The number of aromatic carboxylic acids is 1. The van der Waals surface area contributed by atoms with Crippen molar-refractivity contribution in [2.75, 3.05) is 0 Å². The Bertz CT molecular complexity index is 379. The van der Waals surface area contributed by atoms with E-state index < -0.39 is 5.97 Å². The summed E-state index contributed by atoms with van der Waals surface area (Å²) in [5, 5.41) is 10.6. The van der Waals surface area contributed by atoms with Crippen molar-refractivity contribution in [1.82, 2.24) is 0 Å². The lowest BCUT2D eigenvalue weighted by Crippen LogP contribution is -2.32. The highest BCUT2D eigenvalue weighted by atomic mass is 32.1. The van der Waals surface area contributed by atoms with Crippen molar-refractivity contribution in [2.45, 2.75) is 32.3 Å². The molecule has 1 aliphatic heterocycles. The Morgan fingerprint density at radius 3 is 3.00 bits per heavy atom. The van der Waals surface area contributed by atoms with Crippen molar-refractivity contribution in [3.63, 3.8) is 0 Å². The molecule has 0 spiro atoms.